The van der Waals surface area contributed by atoms with Gasteiger partial charge in [0.25, 0.3) is 5.78 Å². The highest BCUT2D eigenvalue weighted by atomic mass is 16.5. The summed E-state index contributed by atoms with van der Waals surface area (Å²) in [5.41, 5.74) is 3.51. The summed E-state index contributed by atoms with van der Waals surface area (Å²) >= 11 is 0. The van der Waals surface area contributed by atoms with Crippen LogP contribution in [-0.4, -0.2) is 25.6 Å². The van der Waals surface area contributed by atoms with E-state index in [2.05, 4.69) is 15.1 Å². The first-order valence-corrected chi connectivity index (χ1v) is 9.25. The first-order chi connectivity index (χ1) is 13.9. The maximum absolute atomic E-state index is 12.8. The van der Waals surface area contributed by atoms with Gasteiger partial charge in [0, 0.05) is 23.2 Å². The molecular formula is C21H20N4O4. The Kier molecular flexibility index (Phi) is 4.62. The van der Waals surface area contributed by atoms with Crippen LogP contribution >= 0.6 is 0 Å². The molecule has 0 aliphatic heterocycles. The Bertz CT molecular complexity index is 1300. The number of carbonyl (C=O) groups excluding carboxylic acids is 1. The van der Waals surface area contributed by atoms with Gasteiger partial charge in [-0.2, -0.15) is 10.1 Å². The van der Waals surface area contributed by atoms with Crippen LogP contribution in [0, 0.1) is 13.8 Å². The third-order valence-electron chi connectivity index (χ3n) is 4.99. The van der Waals surface area contributed by atoms with Gasteiger partial charge in [0.15, 0.2) is 0 Å². The molecule has 0 atom stereocenters. The van der Waals surface area contributed by atoms with Crippen molar-refractivity contribution >= 4 is 22.7 Å². The molecule has 0 radical (unpaired) electrons. The van der Waals surface area contributed by atoms with E-state index in [9.17, 15) is 9.59 Å². The van der Waals surface area contributed by atoms with Gasteiger partial charge in [0.1, 0.15) is 18.5 Å². The number of aromatic nitrogens is 4. The van der Waals surface area contributed by atoms with Crippen LogP contribution in [0.4, 0.5) is 0 Å². The van der Waals surface area contributed by atoms with Crippen molar-refractivity contribution in [3.8, 4) is 0 Å². The first kappa shape index (κ1) is 18.8. The number of rotatable bonds is 4. The summed E-state index contributed by atoms with van der Waals surface area (Å²) < 4.78 is 12.5. The molecule has 29 heavy (non-hydrogen) atoms. The Balaban J connectivity index is 1.69. The predicted octanol–water partition coefficient (Wildman–Crippen LogP) is 3.33. The fraction of sp³-hybridized carbons (Fsp3) is 0.286. The van der Waals surface area contributed by atoms with Gasteiger partial charge in [-0.15, -0.1) is 0 Å². The molecule has 0 amide bonds. The zero-order valence-electron chi connectivity index (χ0n) is 16.6. The standard InChI is InChI=1S/C21H20N4O4/c1-11(2)18-16(8-22-21-23-10-24-25(18)21)20(27)28-9-14-7-17(26)29-19-13(4)12(3)5-6-15(14)19/h5-8,10-11H,9H2,1-4H3. The molecule has 8 nitrogen and oxygen atoms in total. The lowest BCUT2D eigenvalue weighted by Gasteiger charge is -2.14. The molecule has 3 aromatic heterocycles. The smallest absolute Gasteiger partial charge is 0.341 e. The van der Waals surface area contributed by atoms with Crippen LogP contribution in [0.5, 0.6) is 0 Å². The van der Waals surface area contributed by atoms with E-state index >= 15 is 0 Å². The molecule has 0 aliphatic rings. The lowest BCUT2D eigenvalue weighted by molar-refractivity contribution is 0.0470. The van der Waals surface area contributed by atoms with Gasteiger partial charge in [-0.1, -0.05) is 26.0 Å². The SMILES string of the molecule is Cc1ccc2c(COC(=O)c3cnc4ncnn4c3C(C)C)cc(=O)oc2c1C. The highest BCUT2D eigenvalue weighted by molar-refractivity contribution is 5.91. The van der Waals surface area contributed by atoms with Crippen LogP contribution < -0.4 is 5.63 Å². The second-order valence-electron chi connectivity index (χ2n) is 7.23. The molecule has 0 bridgehead atoms. The van der Waals surface area contributed by atoms with E-state index in [1.807, 2.05) is 39.8 Å². The quantitative estimate of drug-likeness (QED) is 0.388. The summed E-state index contributed by atoms with van der Waals surface area (Å²) in [5.74, 6) is -0.119. The molecule has 0 aliphatic carbocycles. The number of hydrogen-bond donors (Lipinski definition) is 0. The number of ether oxygens (including phenoxy) is 1. The Morgan fingerprint density at radius 3 is 2.79 bits per heavy atom. The van der Waals surface area contributed by atoms with E-state index in [1.165, 1.54) is 18.6 Å². The van der Waals surface area contributed by atoms with Crippen molar-refractivity contribution in [2.24, 2.45) is 0 Å². The molecule has 0 N–H and O–H groups in total. The maximum Gasteiger partial charge on any atom is 0.341 e. The zero-order valence-corrected chi connectivity index (χ0v) is 16.6. The minimum Gasteiger partial charge on any atom is -0.457 e. The van der Waals surface area contributed by atoms with Crippen LogP contribution in [0.15, 0.2) is 39.9 Å². The van der Waals surface area contributed by atoms with E-state index in [4.69, 9.17) is 9.15 Å². The third-order valence-corrected chi connectivity index (χ3v) is 4.99. The first-order valence-electron chi connectivity index (χ1n) is 9.25. The molecule has 0 saturated carbocycles. The molecule has 8 heteroatoms. The summed E-state index contributed by atoms with van der Waals surface area (Å²) in [6, 6.07) is 5.17. The van der Waals surface area contributed by atoms with Gasteiger partial charge in [0.2, 0.25) is 0 Å². The number of hydrogen-bond acceptors (Lipinski definition) is 7. The van der Waals surface area contributed by atoms with Crippen LogP contribution in [-0.2, 0) is 11.3 Å². The van der Waals surface area contributed by atoms with Gasteiger partial charge >= 0.3 is 11.6 Å². The van der Waals surface area contributed by atoms with E-state index < -0.39 is 11.6 Å². The fourth-order valence-corrected chi connectivity index (χ4v) is 3.37. The average molecular weight is 392 g/mol. The number of esters is 1. The fourth-order valence-electron chi connectivity index (χ4n) is 3.37. The number of fused-ring (bicyclic) bond motifs is 2. The summed E-state index contributed by atoms with van der Waals surface area (Å²) in [6.45, 7) is 7.69. The number of nitrogens with zero attached hydrogens (tertiary/aromatic N) is 4. The Morgan fingerprint density at radius 2 is 2.03 bits per heavy atom. The normalized spacial score (nSPS) is 11.5. The van der Waals surface area contributed by atoms with E-state index in [0.29, 0.717) is 28.2 Å². The molecule has 0 spiro atoms. The van der Waals surface area contributed by atoms with Crippen molar-refractivity contribution in [1.29, 1.82) is 0 Å². The predicted molar refractivity (Wildman–Crippen MR) is 106 cm³/mol. The summed E-state index contributed by atoms with van der Waals surface area (Å²) in [4.78, 5) is 33.1. The molecular weight excluding hydrogens is 372 g/mol. The van der Waals surface area contributed by atoms with Crippen molar-refractivity contribution in [2.45, 2.75) is 40.2 Å². The number of aryl methyl sites for hydroxylation is 2. The van der Waals surface area contributed by atoms with Gasteiger partial charge in [-0.3, -0.25) is 0 Å². The van der Waals surface area contributed by atoms with Crippen molar-refractivity contribution in [2.75, 3.05) is 0 Å². The highest BCUT2D eigenvalue weighted by Crippen LogP contribution is 2.25. The monoisotopic (exact) mass is 392 g/mol. The van der Waals surface area contributed by atoms with Crippen LogP contribution in [0.2, 0.25) is 0 Å². The van der Waals surface area contributed by atoms with Gasteiger partial charge < -0.3 is 9.15 Å². The maximum atomic E-state index is 12.8. The van der Waals surface area contributed by atoms with Crippen LogP contribution in [0.3, 0.4) is 0 Å². The molecule has 1 aromatic carbocycles. The van der Waals surface area contributed by atoms with E-state index in [1.54, 1.807) is 4.52 Å². The summed E-state index contributed by atoms with van der Waals surface area (Å²) in [7, 11) is 0. The van der Waals surface area contributed by atoms with Gasteiger partial charge in [0.05, 0.1) is 11.3 Å². The van der Waals surface area contributed by atoms with Gasteiger partial charge in [-0.05, 0) is 30.9 Å². The van der Waals surface area contributed by atoms with E-state index in [-0.39, 0.29) is 12.5 Å². The number of carbonyl (C=O) groups is 1. The molecule has 4 rings (SSSR count). The minimum atomic E-state index is -0.538. The molecule has 0 saturated heterocycles. The summed E-state index contributed by atoms with van der Waals surface area (Å²) in [5, 5.41) is 4.90. The molecule has 0 fully saturated rings. The lowest BCUT2D eigenvalue weighted by Crippen LogP contribution is -2.15. The Morgan fingerprint density at radius 1 is 1.24 bits per heavy atom. The highest BCUT2D eigenvalue weighted by Gasteiger charge is 2.21. The zero-order chi connectivity index (χ0) is 20.7. The second-order valence-corrected chi connectivity index (χ2v) is 7.23. The van der Waals surface area contributed by atoms with Crippen molar-refractivity contribution in [1.82, 2.24) is 19.6 Å². The van der Waals surface area contributed by atoms with Crippen molar-refractivity contribution in [3.05, 3.63) is 69.1 Å². The molecule has 4 aromatic rings. The molecule has 3 heterocycles. The van der Waals surface area contributed by atoms with Gasteiger partial charge in [-0.25, -0.2) is 19.1 Å². The third kappa shape index (κ3) is 3.26. The lowest BCUT2D eigenvalue weighted by atomic mass is 10.0. The topological polar surface area (TPSA) is 99.6 Å². The summed E-state index contributed by atoms with van der Waals surface area (Å²) in [6.07, 6.45) is 2.84. The average Bonchev–Trinajstić information content (AvgIpc) is 3.16. The molecule has 148 valence electrons. The van der Waals surface area contributed by atoms with Crippen LogP contribution in [0.1, 0.15) is 52.5 Å². The van der Waals surface area contributed by atoms with Crippen molar-refractivity contribution in [3.63, 3.8) is 0 Å². The minimum absolute atomic E-state index is 0.0000235. The molecule has 0 unspecified atom stereocenters. The van der Waals surface area contributed by atoms with E-state index in [0.717, 1.165) is 16.5 Å². The number of benzene rings is 1. The largest absolute Gasteiger partial charge is 0.457 e. The Labute approximate surface area is 166 Å². The Hall–Kier alpha value is -3.55. The second kappa shape index (κ2) is 7.12. The van der Waals surface area contributed by atoms with Crippen LogP contribution in [0.25, 0.3) is 16.7 Å². The van der Waals surface area contributed by atoms with Crippen molar-refractivity contribution < 1.29 is 13.9 Å².